The summed E-state index contributed by atoms with van der Waals surface area (Å²) in [4.78, 5) is 29.3. The standard InChI is InChI=1S/C20H30BN3O8S2/c1-11(31-19(2,3)4)15(23-17(26)32-20(5,6)7)16(25)24-34(29,30)18-22-13-10-12(21(27)28)8-9-14(13)33-18/h8-11,15,27-28H,1-7H3,(H,23,26)(H,24,25)/t11-,15+/m1/s1. The molecule has 188 valence electrons. The second-order valence-corrected chi connectivity index (χ2v) is 12.5. The van der Waals surface area contributed by atoms with Gasteiger partial charge < -0.3 is 24.8 Å². The Kier molecular flexibility index (Phi) is 8.36. The second-order valence-electron chi connectivity index (χ2n) is 9.61. The summed E-state index contributed by atoms with van der Waals surface area (Å²) in [5.74, 6) is -1.03. The van der Waals surface area contributed by atoms with E-state index in [0.29, 0.717) is 4.70 Å². The number of nitrogens with zero attached hydrogens (tertiary/aromatic N) is 1. The molecule has 0 spiro atoms. The van der Waals surface area contributed by atoms with Crippen molar-refractivity contribution >= 4 is 56.2 Å². The number of alkyl carbamates (subject to hydrolysis) is 1. The first-order valence-electron chi connectivity index (χ1n) is 10.4. The summed E-state index contributed by atoms with van der Waals surface area (Å²) >= 11 is 0.798. The fourth-order valence-corrected chi connectivity index (χ4v) is 5.10. The van der Waals surface area contributed by atoms with Crippen molar-refractivity contribution in [3.63, 3.8) is 0 Å². The van der Waals surface area contributed by atoms with E-state index in [2.05, 4.69) is 10.3 Å². The number of sulfonamides is 1. The van der Waals surface area contributed by atoms with Gasteiger partial charge in [-0.1, -0.05) is 6.07 Å². The molecule has 0 radical (unpaired) electrons. The molecule has 2 amide bonds. The lowest BCUT2D eigenvalue weighted by molar-refractivity contribution is -0.129. The van der Waals surface area contributed by atoms with Crippen LogP contribution in [0.15, 0.2) is 22.5 Å². The molecule has 0 saturated heterocycles. The van der Waals surface area contributed by atoms with E-state index in [1.54, 1.807) is 41.5 Å². The molecule has 2 rings (SSSR count). The van der Waals surface area contributed by atoms with Crippen molar-refractivity contribution in [2.75, 3.05) is 0 Å². The maximum Gasteiger partial charge on any atom is 0.488 e. The number of fused-ring (bicyclic) bond motifs is 1. The summed E-state index contributed by atoms with van der Waals surface area (Å²) in [5, 5.41) is 21.0. The van der Waals surface area contributed by atoms with Crippen LogP contribution < -0.4 is 15.5 Å². The first kappa shape index (κ1) is 28.0. The number of carbonyl (C=O) groups is 2. The lowest BCUT2D eigenvalue weighted by Crippen LogP contribution is -2.56. The van der Waals surface area contributed by atoms with Crippen LogP contribution >= 0.6 is 11.3 Å². The number of rotatable bonds is 7. The van der Waals surface area contributed by atoms with Gasteiger partial charge in [-0.15, -0.1) is 11.3 Å². The van der Waals surface area contributed by atoms with Crippen LogP contribution in [0.3, 0.4) is 0 Å². The zero-order valence-corrected chi connectivity index (χ0v) is 21.7. The van der Waals surface area contributed by atoms with Gasteiger partial charge in [0.05, 0.1) is 21.9 Å². The van der Waals surface area contributed by atoms with Gasteiger partial charge in [-0.25, -0.2) is 14.5 Å². The molecule has 0 aliphatic carbocycles. The smallest absolute Gasteiger partial charge is 0.444 e. The van der Waals surface area contributed by atoms with Crippen LogP contribution in [-0.2, 0) is 24.3 Å². The van der Waals surface area contributed by atoms with Crippen LogP contribution in [-0.4, -0.2) is 65.9 Å². The minimum atomic E-state index is -4.41. The molecule has 0 aliphatic heterocycles. The molecule has 1 aromatic heterocycles. The molecule has 11 nitrogen and oxygen atoms in total. The van der Waals surface area contributed by atoms with Gasteiger partial charge >= 0.3 is 13.2 Å². The van der Waals surface area contributed by atoms with Crippen LogP contribution in [0.2, 0.25) is 0 Å². The molecule has 2 aromatic rings. The maximum atomic E-state index is 13.0. The number of ether oxygens (including phenoxy) is 2. The average Bonchev–Trinajstić information content (AvgIpc) is 3.07. The first-order chi connectivity index (χ1) is 15.4. The third-order valence-corrected chi connectivity index (χ3v) is 6.88. The van der Waals surface area contributed by atoms with Crippen molar-refractivity contribution < 1.29 is 37.5 Å². The SMILES string of the molecule is C[C@@H](OC(C)(C)C)[C@H](NC(=O)OC(C)(C)C)C(=O)NS(=O)(=O)c1nc2cc(B(O)O)ccc2s1. The van der Waals surface area contributed by atoms with Crippen LogP contribution in [0, 0.1) is 0 Å². The Morgan fingerprint density at radius 2 is 1.74 bits per heavy atom. The monoisotopic (exact) mass is 515 g/mol. The molecule has 1 heterocycles. The number of hydrogen-bond donors (Lipinski definition) is 4. The fourth-order valence-electron chi connectivity index (χ4n) is 2.89. The summed E-state index contributed by atoms with van der Waals surface area (Å²) in [6.45, 7) is 11.7. The topological polar surface area (TPSA) is 164 Å². The predicted molar refractivity (Wildman–Crippen MR) is 128 cm³/mol. The lowest BCUT2D eigenvalue weighted by atomic mass is 9.80. The van der Waals surface area contributed by atoms with Crippen molar-refractivity contribution in [1.29, 1.82) is 0 Å². The van der Waals surface area contributed by atoms with Crippen molar-refractivity contribution in [1.82, 2.24) is 15.0 Å². The molecule has 14 heteroatoms. The Morgan fingerprint density at radius 1 is 1.12 bits per heavy atom. The highest BCUT2D eigenvalue weighted by molar-refractivity contribution is 7.92. The van der Waals surface area contributed by atoms with Crippen molar-refractivity contribution in [3.8, 4) is 0 Å². The fraction of sp³-hybridized carbons (Fsp3) is 0.550. The van der Waals surface area contributed by atoms with E-state index in [9.17, 15) is 28.1 Å². The first-order valence-corrected chi connectivity index (χ1v) is 12.7. The summed E-state index contributed by atoms with van der Waals surface area (Å²) in [7, 11) is -6.15. The molecule has 0 unspecified atom stereocenters. The van der Waals surface area contributed by atoms with E-state index in [1.165, 1.54) is 25.1 Å². The van der Waals surface area contributed by atoms with Crippen LogP contribution in [0.5, 0.6) is 0 Å². The third kappa shape index (κ3) is 7.91. The normalized spacial score (nSPS) is 14.4. The Hall–Kier alpha value is -2.26. The van der Waals surface area contributed by atoms with Crippen molar-refractivity contribution in [2.24, 2.45) is 0 Å². The van der Waals surface area contributed by atoms with Gasteiger partial charge in [0.25, 0.3) is 15.9 Å². The van der Waals surface area contributed by atoms with E-state index >= 15 is 0 Å². The van der Waals surface area contributed by atoms with E-state index in [0.717, 1.165) is 11.3 Å². The van der Waals surface area contributed by atoms with Gasteiger partial charge in [0.1, 0.15) is 11.6 Å². The maximum absolute atomic E-state index is 13.0. The molecular formula is C20H30BN3O8S2. The van der Waals surface area contributed by atoms with Crippen molar-refractivity contribution in [3.05, 3.63) is 18.2 Å². The molecule has 34 heavy (non-hydrogen) atoms. The zero-order chi connectivity index (χ0) is 26.1. The molecular weight excluding hydrogens is 485 g/mol. The van der Waals surface area contributed by atoms with E-state index < -0.39 is 56.8 Å². The molecule has 0 aliphatic rings. The summed E-state index contributed by atoms with van der Waals surface area (Å²) in [6.07, 6.45) is -1.82. The van der Waals surface area contributed by atoms with Gasteiger partial charge in [0.2, 0.25) is 4.34 Å². The van der Waals surface area contributed by atoms with Gasteiger partial charge in [-0.3, -0.25) is 4.79 Å². The molecule has 0 fully saturated rings. The second kappa shape index (κ2) is 10.2. The highest BCUT2D eigenvalue weighted by Crippen LogP contribution is 2.25. The summed E-state index contributed by atoms with van der Waals surface area (Å²) in [5.41, 5.74) is -1.17. The number of hydrogen-bond acceptors (Lipinski definition) is 10. The van der Waals surface area contributed by atoms with E-state index in [-0.39, 0.29) is 11.0 Å². The van der Waals surface area contributed by atoms with Crippen LogP contribution in [0.25, 0.3) is 10.2 Å². The van der Waals surface area contributed by atoms with E-state index in [4.69, 9.17) is 9.47 Å². The average molecular weight is 515 g/mol. The van der Waals surface area contributed by atoms with Gasteiger partial charge in [0, 0.05) is 0 Å². The van der Waals surface area contributed by atoms with Crippen LogP contribution in [0.1, 0.15) is 48.5 Å². The lowest BCUT2D eigenvalue weighted by Gasteiger charge is -2.31. The molecule has 4 N–H and O–H groups in total. The Morgan fingerprint density at radius 3 is 2.26 bits per heavy atom. The van der Waals surface area contributed by atoms with Gasteiger partial charge in [0.15, 0.2) is 0 Å². The minimum absolute atomic E-state index is 0.139. The van der Waals surface area contributed by atoms with E-state index in [1.807, 2.05) is 4.72 Å². The highest BCUT2D eigenvalue weighted by Gasteiger charge is 2.35. The molecule has 1 aromatic carbocycles. The van der Waals surface area contributed by atoms with Gasteiger partial charge in [-0.05, 0) is 66.1 Å². The largest absolute Gasteiger partial charge is 0.488 e. The predicted octanol–water partition coefficient (Wildman–Crippen LogP) is 0.878. The quantitative estimate of drug-likeness (QED) is 0.392. The Balaban J connectivity index is 2.31. The molecule has 0 bridgehead atoms. The zero-order valence-electron chi connectivity index (χ0n) is 20.1. The number of aromatic nitrogens is 1. The number of nitrogens with one attached hydrogen (secondary N) is 2. The third-order valence-electron chi connectivity index (χ3n) is 4.12. The minimum Gasteiger partial charge on any atom is -0.444 e. The molecule has 0 saturated carbocycles. The number of amides is 2. The Bertz CT molecular complexity index is 1150. The number of thiazole rings is 1. The number of benzene rings is 1. The number of carbonyl (C=O) groups excluding carboxylic acids is 2. The van der Waals surface area contributed by atoms with Crippen molar-refractivity contribution in [2.45, 2.75) is 76.2 Å². The summed E-state index contributed by atoms with van der Waals surface area (Å²) < 4.78 is 38.7. The summed E-state index contributed by atoms with van der Waals surface area (Å²) in [6, 6.07) is 2.86. The van der Waals surface area contributed by atoms with Gasteiger partial charge in [-0.2, -0.15) is 8.42 Å². The molecule has 2 atom stereocenters. The highest BCUT2D eigenvalue weighted by atomic mass is 32.2. The van der Waals surface area contributed by atoms with Crippen LogP contribution in [0.4, 0.5) is 4.79 Å². The Labute approximate surface area is 203 Å².